The van der Waals surface area contributed by atoms with Gasteiger partial charge >= 0.3 is 0 Å². The molecule has 17 heavy (non-hydrogen) atoms. The lowest BCUT2D eigenvalue weighted by Gasteiger charge is -2.16. The molecular formula is C13H15BrN2S. The van der Waals surface area contributed by atoms with Gasteiger partial charge in [0.25, 0.3) is 0 Å². The van der Waals surface area contributed by atoms with E-state index in [1.807, 2.05) is 18.6 Å². The average Bonchev–Trinajstić information content (AvgIpc) is 2.75. The Kier molecular flexibility index (Phi) is 4.31. The molecule has 90 valence electrons. The third-order valence-electron chi connectivity index (χ3n) is 2.83. The summed E-state index contributed by atoms with van der Waals surface area (Å²) in [4.78, 5) is 5.64. The lowest BCUT2D eigenvalue weighted by Crippen LogP contribution is -2.18. The highest BCUT2D eigenvalue weighted by molar-refractivity contribution is 9.10. The molecule has 1 unspecified atom stereocenters. The minimum atomic E-state index is 0.334. The first kappa shape index (κ1) is 12.7. The Morgan fingerprint density at radius 3 is 2.76 bits per heavy atom. The summed E-state index contributed by atoms with van der Waals surface area (Å²) in [7, 11) is 2.00. The molecule has 0 spiro atoms. The highest BCUT2D eigenvalue weighted by Gasteiger charge is 2.15. The maximum Gasteiger partial charge on any atom is 0.0798 e. The van der Waals surface area contributed by atoms with Gasteiger partial charge in [-0.3, -0.25) is 0 Å². The first-order valence-electron chi connectivity index (χ1n) is 5.53. The highest BCUT2D eigenvalue weighted by atomic mass is 79.9. The Morgan fingerprint density at radius 1 is 1.41 bits per heavy atom. The Bertz CT molecular complexity index is 496. The van der Waals surface area contributed by atoms with Gasteiger partial charge in [-0.05, 0) is 32.0 Å². The molecule has 1 N–H and O–H groups in total. The summed E-state index contributed by atoms with van der Waals surface area (Å²) in [6.07, 6.45) is 0.973. The fraction of sp³-hybridized carbons (Fsp3) is 0.308. The van der Waals surface area contributed by atoms with Crippen LogP contribution in [0.15, 0.2) is 34.2 Å². The van der Waals surface area contributed by atoms with Crippen molar-refractivity contribution in [3.05, 3.63) is 50.4 Å². The molecular weight excluding hydrogens is 296 g/mol. The second kappa shape index (κ2) is 5.76. The van der Waals surface area contributed by atoms with Crippen molar-refractivity contribution in [2.24, 2.45) is 0 Å². The minimum Gasteiger partial charge on any atom is -0.312 e. The van der Waals surface area contributed by atoms with E-state index in [1.54, 1.807) is 11.3 Å². The summed E-state index contributed by atoms with van der Waals surface area (Å²) in [5.41, 5.74) is 4.36. The summed E-state index contributed by atoms with van der Waals surface area (Å²) in [6.45, 7) is 2.07. The summed E-state index contributed by atoms with van der Waals surface area (Å²) in [5, 5.41) is 3.37. The Hall–Kier alpha value is -0.710. The first-order valence-corrected chi connectivity index (χ1v) is 7.20. The Labute approximate surface area is 114 Å². The fourth-order valence-corrected chi connectivity index (χ4v) is 3.21. The molecule has 2 rings (SSSR count). The van der Waals surface area contributed by atoms with Crippen LogP contribution in [0.2, 0.25) is 0 Å². The summed E-state index contributed by atoms with van der Waals surface area (Å²) in [5.74, 6) is 0. The SMILES string of the molecule is CNC(Cc1ccccc1Br)c1scnc1C. The van der Waals surface area contributed by atoms with E-state index in [2.05, 4.69) is 51.4 Å². The van der Waals surface area contributed by atoms with E-state index in [0.29, 0.717) is 6.04 Å². The number of thiazole rings is 1. The quantitative estimate of drug-likeness (QED) is 0.931. The molecule has 0 radical (unpaired) electrons. The van der Waals surface area contributed by atoms with Crippen molar-refractivity contribution in [3.8, 4) is 0 Å². The van der Waals surface area contributed by atoms with Crippen molar-refractivity contribution in [1.82, 2.24) is 10.3 Å². The maximum atomic E-state index is 4.32. The zero-order valence-electron chi connectivity index (χ0n) is 9.90. The molecule has 0 amide bonds. The van der Waals surface area contributed by atoms with Crippen molar-refractivity contribution in [2.45, 2.75) is 19.4 Å². The first-order chi connectivity index (χ1) is 8.22. The molecule has 1 aromatic heterocycles. The zero-order chi connectivity index (χ0) is 12.3. The van der Waals surface area contributed by atoms with Gasteiger partial charge in [-0.25, -0.2) is 4.98 Å². The lowest BCUT2D eigenvalue weighted by atomic mass is 10.0. The topological polar surface area (TPSA) is 24.9 Å². The van der Waals surface area contributed by atoms with Crippen LogP contribution in [-0.4, -0.2) is 12.0 Å². The van der Waals surface area contributed by atoms with Gasteiger partial charge in [-0.2, -0.15) is 0 Å². The summed E-state index contributed by atoms with van der Waals surface area (Å²) >= 11 is 5.31. The summed E-state index contributed by atoms with van der Waals surface area (Å²) in [6, 6.07) is 8.69. The monoisotopic (exact) mass is 310 g/mol. The molecule has 0 bridgehead atoms. The van der Waals surface area contributed by atoms with E-state index in [9.17, 15) is 0 Å². The molecule has 1 heterocycles. The van der Waals surface area contributed by atoms with Gasteiger partial charge < -0.3 is 5.32 Å². The van der Waals surface area contributed by atoms with Gasteiger partial charge in [0.15, 0.2) is 0 Å². The third-order valence-corrected chi connectivity index (χ3v) is 4.65. The molecule has 0 saturated carbocycles. The molecule has 1 aromatic carbocycles. The van der Waals surface area contributed by atoms with Crippen molar-refractivity contribution < 1.29 is 0 Å². The smallest absolute Gasteiger partial charge is 0.0798 e. The number of rotatable bonds is 4. The molecule has 0 aliphatic carbocycles. The van der Waals surface area contributed by atoms with Crippen LogP contribution in [-0.2, 0) is 6.42 Å². The predicted octanol–water partition coefficient (Wildman–Crippen LogP) is 3.72. The maximum absolute atomic E-state index is 4.32. The lowest BCUT2D eigenvalue weighted by molar-refractivity contribution is 0.596. The van der Waals surface area contributed by atoms with Crippen LogP contribution >= 0.6 is 27.3 Å². The predicted molar refractivity (Wildman–Crippen MR) is 76.5 cm³/mol. The van der Waals surface area contributed by atoms with Crippen LogP contribution in [0.25, 0.3) is 0 Å². The molecule has 1 atom stereocenters. The van der Waals surface area contributed by atoms with Gasteiger partial charge in [0, 0.05) is 15.4 Å². The van der Waals surface area contributed by atoms with E-state index in [-0.39, 0.29) is 0 Å². The van der Waals surface area contributed by atoms with Crippen LogP contribution in [0.3, 0.4) is 0 Å². The second-order valence-corrected chi connectivity index (χ2v) is 5.68. The average molecular weight is 311 g/mol. The van der Waals surface area contributed by atoms with Gasteiger partial charge in [-0.1, -0.05) is 34.1 Å². The van der Waals surface area contributed by atoms with Crippen molar-refractivity contribution >= 4 is 27.3 Å². The van der Waals surface area contributed by atoms with Crippen molar-refractivity contribution in [2.75, 3.05) is 7.05 Å². The minimum absolute atomic E-state index is 0.334. The van der Waals surface area contributed by atoms with Crippen LogP contribution in [0.4, 0.5) is 0 Å². The van der Waals surface area contributed by atoms with E-state index in [4.69, 9.17) is 0 Å². The molecule has 2 nitrogen and oxygen atoms in total. The van der Waals surface area contributed by atoms with E-state index in [0.717, 1.165) is 12.1 Å². The number of aromatic nitrogens is 1. The van der Waals surface area contributed by atoms with Crippen LogP contribution in [0, 0.1) is 6.92 Å². The fourth-order valence-electron chi connectivity index (χ4n) is 1.86. The van der Waals surface area contributed by atoms with Gasteiger partial charge in [-0.15, -0.1) is 11.3 Å². The number of nitrogens with zero attached hydrogens (tertiary/aromatic N) is 1. The number of aryl methyl sites for hydroxylation is 1. The summed E-state index contributed by atoms with van der Waals surface area (Å²) < 4.78 is 1.17. The molecule has 0 fully saturated rings. The highest BCUT2D eigenvalue weighted by Crippen LogP contribution is 2.27. The molecule has 0 aliphatic rings. The van der Waals surface area contributed by atoms with E-state index in [1.165, 1.54) is 14.9 Å². The molecule has 2 aromatic rings. The number of benzene rings is 1. The molecule has 4 heteroatoms. The van der Waals surface area contributed by atoms with Crippen LogP contribution in [0.1, 0.15) is 22.2 Å². The number of halogens is 1. The van der Waals surface area contributed by atoms with Gasteiger partial charge in [0.1, 0.15) is 0 Å². The largest absolute Gasteiger partial charge is 0.312 e. The zero-order valence-corrected chi connectivity index (χ0v) is 12.3. The van der Waals surface area contributed by atoms with E-state index >= 15 is 0 Å². The Balaban J connectivity index is 2.22. The Morgan fingerprint density at radius 2 is 2.18 bits per heavy atom. The van der Waals surface area contributed by atoms with Crippen LogP contribution < -0.4 is 5.32 Å². The van der Waals surface area contributed by atoms with Crippen molar-refractivity contribution in [3.63, 3.8) is 0 Å². The van der Waals surface area contributed by atoms with Gasteiger partial charge in [0.05, 0.1) is 11.2 Å². The van der Waals surface area contributed by atoms with E-state index < -0.39 is 0 Å². The number of hydrogen-bond acceptors (Lipinski definition) is 3. The number of hydrogen-bond donors (Lipinski definition) is 1. The van der Waals surface area contributed by atoms with Crippen LogP contribution in [0.5, 0.6) is 0 Å². The number of nitrogens with one attached hydrogen (secondary N) is 1. The third kappa shape index (κ3) is 2.94. The molecule has 0 saturated heterocycles. The van der Waals surface area contributed by atoms with Gasteiger partial charge in [0.2, 0.25) is 0 Å². The molecule has 0 aliphatic heterocycles. The normalized spacial score (nSPS) is 12.6. The number of likely N-dealkylation sites (N-methyl/N-ethyl adjacent to an activating group) is 1. The second-order valence-electron chi connectivity index (χ2n) is 3.94. The standard InChI is InChI=1S/C13H15BrN2S/c1-9-13(17-8-16-9)12(15-2)7-10-5-3-4-6-11(10)14/h3-6,8,12,15H,7H2,1-2H3. The van der Waals surface area contributed by atoms with Crippen molar-refractivity contribution in [1.29, 1.82) is 0 Å².